The van der Waals surface area contributed by atoms with E-state index < -0.39 is 11.8 Å². The third kappa shape index (κ3) is 4.77. The van der Waals surface area contributed by atoms with Crippen LogP contribution in [0.2, 0.25) is 5.02 Å². The minimum atomic E-state index is -0.483. The van der Waals surface area contributed by atoms with Gasteiger partial charge in [-0.2, -0.15) is 0 Å². The molecule has 0 atom stereocenters. The molecule has 2 heterocycles. The minimum Gasteiger partial charge on any atom is -0.326 e. The van der Waals surface area contributed by atoms with Crippen LogP contribution in [0.1, 0.15) is 37.1 Å². The van der Waals surface area contributed by atoms with Gasteiger partial charge in [-0.25, -0.2) is 4.98 Å². The number of nitrogens with one attached hydrogen (secondary N) is 2. The molecule has 2 amide bonds. The summed E-state index contributed by atoms with van der Waals surface area (Å²) in [7, 11) is 0. The molecule has 4 rings (SSSR count). The van der Waals surface area contributed by atoms with Crippen LogP contribution in [0, 0.1) is 6.92 Å². The van der Waals surface area contributed by atoms with Gasteiger partial charge >= 0.3 is 0 Å². The third-order valence-corrected chi connectivity index (χ3v) is 5.63. The highest BCUT2D eigenvalue weighted by Gasteiger charge is 2.15. The summed E-state index contributed by atoms with van der Waals surface area (Å²) in [5.74, 6) is -0.141. The summed E-state index contributed by atoms with van der Waals surface area (Å²) in [4.78, 5) is 42.1. The number of carbonyl (C=O) groups is 2. The molecule has 0 fully saturated rings. The second-order valence-corrected chi connectivity index (χ2v) is 8.19. The van der Waals surface area contributed by atoms with E-state index in [1.54, 1.807) is 34.9 Å². The molecule has 0 unspecified atom stereocenters. The molecule has 0 bridgehead atoms. The van der Waals surface area contributed by atoms with Crippen molar-refractivity contribution in [3.63, 3.8) is 0 Å². The van der Waals surface area contributed by atoms with Gasteiger partial charge in [-0.3, -0.25) is 19.0 Å². The molecule has 3 aromatic rings. The van der Waals surface area contributed by atoms with Gasteiger partial charge in [0, 0.05) is 18.7 Å². The Hall–Kier alpha value is -3.19. The van der Waals surface area contributed by atoms with Crippen molar-refractivity contribution >= 4 is 45.7 Å². The van der Waals surface area contributed by atoms with Crippen LogP contribution in [-0.4, -0.2) is 21.4 Å². The van der Waals surface area contributed by atoms with Crippen LogP contribution in [0.5, 0.6) is 0 Å². The van der Waals surface area contributed by atoms with Crippen molar-refractivity contribution in [1.29, 1.82) is 0 Å². The largest absolute Gasteiger partial charge is 0.326 e. The van der Waals surface area contributed by atoms with E-state index in [1.165, 1.54) is 0 Å². The molecule has 2 N–H and O–H groups in total. The van der Waals surface area contributed by atoms with Crippen molar-refractivity contribution in [3.8, 4) is 0 Å². The molecule has 0 aliphatic carbocycles. The number of hydrogen-bond donors (Lipinski definition) is 2. The number of fused-ring (bicyclic) bond motifs is 2. The first kappa shape index (κ1) is 21.1. The van der Waals surface area contributed by atoms with Gasteiger partial charge in [0.1, 0.15) is 12.2 Å². The summed E-state index contributed by atoms with van der Waals surface area (Å²) in [6.45, 7) is 2.56. The van der Waals surface area contributed by atoms with E-state index >= 15 is 0 Å². The first-order chi connectivity index (χ1) is 14.9. The van der Waals surface area contributed by atoms with Crippen molar-refractivity contribution in [1.82, 2.24) is 9.55 Å². The molecule has 160 valence electrons. The second kappa shape index (κ2) is 8.89. The number of halogens is 1. The number of aromatic nitrogens is 2. The van der Waals surface area contributed by atoms with Crippen molar-refractivity contribution in [2.45, 2.75) is 45.6 Å². The van der Waals surface area contributed by atoms with Gasteiger partial charge in [0.2, 0.25) is 11.8 Å². The zero-order valence-electron chi connectivity index (χ0n) is 17.2. The summed E-state index contributed by atoms with van der Waals surface area (Å²) in [5, 5.41) is 6.19. The first-order valence-corrected chi connectivity index (χ1v) is 10.7. The van der Waals surface area contributed by atoms with Crippen LogP contribution >= 0.6 is 11.6 Å². The van der Waals surface area contributed by atoms with Crippen LogP contribution in [0.3, 0.4) is 0 Å². The van der Waals surface area contributed by atoms with Crippen LogP contribution in [0.4, 0.5) is 11.4 Å². The predicted molar refractivity (Wildman–Crippen MR) is 122 cm³/mol. The van der Waals surface area contributed by atoms with Gasteiger partial charge in [-0.1, -0.05) is 24.1 Å². The molecule has 0 radical (unpaired) electrons. The Labute approximate surface area is 184 Å². The molecule has 7 nitrogen and oxygen atoms in total. The first-order valence-electron chi connectivity index (χ1n) is 10.3. The van der Waals surface area contributed by atoms with E-state index in [0.717, 1.165) is 37.1 Å². The van der Waals surface area contributed by atoms with Crippen molar-refractivity contribution in [2.24, 2.45) is 0 Å². The number of nitrogens with zero attached hydrogens (tertiary/aromatic N) is 2. The molecule has 1 aliphatic heterocycles. The molecule has 1 aliphatic rings. The Morgan fingerprint density at radius 2 is 1.87 bits per heavy atom. The van der Waals surface area contributed by atoms with Crippen molar-refractivity contribution in [2.75, 3.05) is 10.6 Å². The van der Waals surface area contributed by atoms with Gasteiger partial charge < -0.3 is 10.6 Å². The third-order valence-electron chi connectivity index (χ3n) is 5.32. The zero-order valence-corrected chi connectivity index (χ0v) is 18.0. The second-order valence-electron chi connectivity index (χ2n) is 7.78. The number of amides is 2. The zero-order chi connectivity index (χ0) is 22.0. The van der Waals surface area contributed by atoms with E-state index in [2.05, 4.69) is 15.6 Å². The molecule has 2 aromatic carbocycles. The standard InChI is InChI=1S/C23H23ClN4O3/c1-14-6-8-19(17(24)11-14)27-22(30)13-21(29)25-15-7-9-18-16(12-15)23(31)28-10-4-2-3-5-20(28)26-18/h6-9,11-12H,2-5,10,13H2,1H3,(H,25,29)(H,27,30). The van der Waals surface area contributed by atoms with E-state index in [-0.39, 0.29) is 12.0 Å². The van der Waals surface area contributed by atoms with Crippen LogP contribution < -0.4 is 16.2 Å². The quantitative estimate of drug-likeness (QED) is 0.601. The Morgan fingerprint density at radius 1 is 1.06 bits per heavy atom. The molecule has 0 spiro atoms. The smallest absolute Gasteiger partial charge is 0.261 e. The summed E-state index contributed by atoms with van der Waals surface area (Å²) in [6.07, 6.45) is 3.49. The number of rotatable bonds is 4. The van der Waals surface area contributed by atoms with Gasteiger partial charge in [-0.05, 0) is 55.7 Å². The van der Waals surface area contributed by atoms with Gasteiger partial charge in [-0.15, -0.1) is 0 Å². The van der Waals surface area contributed by atoms with Crippen LogP contribution in [-0.2, 0) is 22.6 Å². The molecular formula is C23H23ClN4O3. The lowest BCUT2D eigenvalue weighted by molar-refractivity contribution is -0.123. The highest BCUT2D eigenvalue weighted by Crippen LogP contribution is 2.23. The van der Waals surface area contributed by atoms with Gasteiger partial charge in [0.15, 0.2) is 0 Å². The molecule has 0 saturated carbocycles. The summed E-state index contributed by atoms with van der Waals surface area (Å²) < 4.78 is 1.74. The fraction of sp³-hybridized carbons (Fsp3) is 0.304. The summed E-state index contributed by atoms with van der Waals surface area (Å²) in [5.41, 5.74) is 2.40. The Balaban J connectivity index is 1.47. The lowest BCUT2D eigenvalue weighted by Gasteiger charge is -2.11. The molecular weight excluding hydrogens is 416 g/mol. The van der Waals surface area contributed by atoms with E-state index in [9.17, 15) is 14.4 Å². The topological polar surface area (TPSA) is 93.1 Å². The lowest BCUT2D eigenvalue weighted by Crippen LogP contribution is -2.25. The normalized spacial score (nSPS) is 13.4. The number of carbonyl (C=O) groups excluding carboxylic acids is 2. The monoisotopic (exact) mass is 438 g/mol. The van der Waals surface area contributed by atoms with Crippen molar-refractivity contribution in [3.05, 3.63) is 63.2 Å². The Bertz CT molecular complexity index is 1240. The number of benzene rings is 2. The van der Waals surface area contributed by atoms with Crippen molar-refractivity contribution < 1.29 is 9.59 Å². The maximum Gasteiger partial charge on any atom is 0.261 e. The highest BCUT2D eigenvalue weighted by molar-refractivity contribution is 6.33. The predicted octanol–water partition coefficient (Wildman–Crippen LogP) is 4.05. The van der Waals surface area contributed by atoms with E-state index in [0.29, 0.717) is 33.8 Å². The van der Waals surface area contributed by atoms with Gasteiger partial charge in [0.25, 0.3) is 5.56 Å². The Morgan fingerprint density at radius 3 is 2.68 bits per heavy atom. The van der Waals surface area contributed by atoms with E-state index in [1.807, 2.05) is 13.0 Å². The lowest BCUT2D eigenvalue weighted by atomic mass is 10.2. The van der Waals surface area contributed by atoms with E-state index in [4.69, 9.17) is 11.6 Å². The van der Waals surface area contributed by atoms with Crippen LogP contribution in [0.15, 0.2) is 41.2 Å². The van der Waals surface area contributed by atoms with Gasteiger partial charge in [0.05, 0.1) is 21.6 Å². The summed E-state index contributed by atoms with van der Waals surface area (Å²) in [6, 6.07) is 10.3. The fourth-order valence-corrected chi connectivity index (χ4v) is 4.05. The van der Waals surface area contributed by atoms with Crippen LogP contribution in [0.25, 0.3) is 10.9 Å². The number of hydrogen-bond acceptors (Lipinski definition) is 4. The Kier molecular flexibility index (Phi) is 6.04. The summed E-state index contributed by atoms with van der Waals surface area (Å²) >= 11 is 6.12. The highest BCUT2D eigenvalue weighted by atomic mass is 35.5. The SMILES string of the molecule is Cc1ccc(NC(=O)CC(=O)Nc2ccc3nc4n(c(=O)c3c2)CCCCC4)c(Cl)c1. The average molecular weight is 439 g/mol. The maximum atomic E-state index is 12.9. The molecule has 8 heteroatoms. The molecule has 0 saturated heterocycles. The number of anilines is 2. The average Bonchev–Trinajstić information content (AvgIpc) is 2.96. The maximum absolute atomic E-state index is 12.9. The molecule has 1 aromatic heterocycles. The number of aryl methyl sites for hydroxylation is 2. The fourth-order valence-electron chi connectivity index (χ4n) is 3.76. The minimum absolute atomic E-state index is 0.0928. The molecule has 31 heavy (non-hydrogen) atoms.